The van der Waals surface area contributed by atoms with Crippen LogP contribution in [0.2, 0.25) is 0 Å². The molecular weight excluding hydrogens is 383 g/mol. The van der Waals surface area contributed by atoms with Crippen molar-refractivity contribution < 1.29 is 19.1 Å². The van der Waals surface area contributed by atoms with Gasteiger partial charge in [-0.2, -0.15) is 0 Å². The van der Waals surface area contributed by atoms with E-state index in [1.165, 1.54) is 12.1 Å². The molecule has 4 rings (SSSR count). The third-order valence-corrected chi connectivity index (χ3v) is 4.69. The van der Waals surface area contributed by atoms with E-state index in [0.717, 1.165) is 16.8 Å². The average Bonchev–Trinajstić information content (AvgIpc) is 2.75. The number of carbonyl (C=O) groups is 2. The fourth-order valence-corrected chi connectivity index (χ4v) is 3.21. The van der Waals surface area contributed by atoms with Crippen molar-refractivity contribution in [3.8, 4) is 0 Å². The molecule has 0 unspecified atom stereocenters. The molecule has 1 amide bonds. The van der Waals surface area contributed by atoms with Gasteiger partial charge >= 0.3 is 5.97 Å². The summed E-state index contributed by atoms with van der Waals surface area (Å²) in [4.78, 5) is 23.9. The van der Waals surface area contributed by atoms with Crippen LogP contribution in [0, 0.1) is 5.82 Å². The predicted octanol–water partition coefficient (Wildman–Crippen LogP) is 5.67. The van der Waals surface area contributed by atoms with Gasteiger partial charge in [-0.1, -0.05) is 48.5 Å². The van der Waals surface area contributed by atoms with E-state index < -0.39 is 11.8 Å². The molecule has 6 heteroatoms. The van der Waals surface area contributed by atoms with Crippen LogP contribution in [0.25, 0.3) is 10.8 Å². The van der Waals surface area contributed by atoms with Gasteiger partial charge in [0.1, 0.15) is 5.82 Å². The lowest BCUT2D eigenvalue weighted by Gasteiger charge is -2.14. The number of carboxylic acid groups (broad SMARTS) is 1. The van der Waals surface area contributed by atoms with Gasteiger partial charge in [0, 0.05) is 5.56 Å². The maximum atomic E-state index is 14.3. The topological polar surface area (TPSA) is 78.4 Å². The Hall–Kier alpha value is -4.19. The summed E-state index contributed by atoms with van der Waals surface area (Å²) in [6.07, 6.45) is 0. The van der Waals surface area contributed by atoms with Crippen LogP contribution in [0.3, 0.4) is 0 Å². The number of halogens is 1. The fraction of sp³-hybridized carbons (Fsp3) is 0. The molecule has 0 saturated heterocycles. The molecule has 0 aliphatic carbocycles. The molecular formula is C24H17FN2O3. The molecule has 0 aliphatic heterocycles. The SMILES string of the molecule is O=C(O)c1ccc(Nc2ccccc2NC(=O)c2cccc3ccccc23)c(F)c1. The molecule has 0 atom stereocenters. The Labute approximate surface area is 171 Å². The normalized spacial score (nSPS) is 10.6. The van der Waals surface area contributed by atoms with Crippen molar-refractivity contribution in [3.63, 3.8) is 0 Å². The molecule has 30 heavy (non-hydrogen) atoms. The van der Waals surface area contributed by atoms with Crippen molar-refractivity contribution in [1.82, 2.24) is 0 Å². The van der Waals surface area contributed by atoms with Crippen LogP contribution in [0.4, 0.5) is 21.5 Å². The number of carbonyl (C=O) groups excluding carboxylic acids is 1. The van der Waals surface area contributed by atoms with E-state index in [-0.39, 0.29) is 17.2 Å². The Morgan fingerprint density at radius 3 is 2.23 bits per heavy atom. The number of nitrogens with one attached hydrogen (secondary N) is 2. The molecule has 0 aliphatic rings. The summed E-state index contributed by atoms with van der Waals surface area (Å²) in [7, 11) is 0. The summed E-state index contributed by atoms with van der Waals surface area (Å²) in [6.45, 7) is 0. The first-order valence-electron chi connectivity index (χ1n) is 9.21. The highest BCUT2D eigenvalue weighted by molar-refractivity contribution is 6.13. The summed E-state index contributed by atoms with van der Waals surface area (Å²) in [6, 6.07) is 23.6. The monoisotopic (exact) mass is 400 g/mol. The van der Waals surface area contributed by atoms with Crippen LogP contribution in [0.1, 0.15) is 20.7 Å². The number of hydrogen-bond acceptors (Lipinski definition) is 3. The summed E-state index contributed by atoms with van der Waals surface area (Å²) in [5.41, 5.74) is 1.44. The molecule has 0 saturated carbocycles. The quantitative estimate of drug-likeness (QED) is 0.403. The lowest BCUT2D eigenvalue weighted by molar-refractivity contribution is 0.0696. The maximum Gasteiger partial charge on any atom is 0.335 e. The Morgan fingerprint density at radius 2 is 1.47 bits per heavy atom. The molecule has 5 nitrogen and oxygen atoms in total. The number of hydrogen-bond donors (Lipinski definition) is 3. The Morgan fingerprint density at radius 1 is 0.767 bits per heavy atom. The lowest BCUT2D eigenvalue weighted by Crippen LogP contribution is -2.13. The molecule has 4 aromatic rings. The van der Waals surface area contributed by atoms with Crippen molar-refractivity contribution in [2.24, 2.45) is 0 Å². The largest absolute Gasteiger partial charge is 0.478 e. The highest BCUT2D eigenvalue weighted by Gasteiger charge is 2.14. The van der Waals surface area contributed by atoms with E-state index in [1.807, 2.05) is 36.4 Å². The number of fused-ring (bicyclic) bond motifs is 1. The van der Waals surface area contributed by atoms with E-state index >= 15 is 0 Å². The highest BCUT2D eigenvalue weighted by Crippen LogP contribution is 2.28. The minimum absolute atomic E-state index is 0.104. The number of carboxylic acids is 1. The zero-order valence-electron chi connectivity index (χ0n) is 15.7. The number of rotatable bonds is 5. The van der Waals surface area contributed by atoms with E-state index in [2.05, 4.69) is 10.6 Å². The van der Waals surface area contributed by atoms with Gasteiger partial charge in [0.2, 0.25) is 0 Å². The molecule has 0 heterocycles. The van der Waals surface area contributed by atoms with Crippen LogP contribution in [0.5, 0.6) is 0 Å². The van der Waals surface area contributed by atoms with Gasteiger partial charge < -0.3 is 15.7 Å². The minimum atomic E-state index is -1.21. The molecule has 0 bridgehead atoms. The molecule has 4 aromatic carbocycles. The molecule has 3 N–H and O–H groups in total. The number of benzene rings is 4. The van der Waals surface area contributed by atoms with Gasteiger partial charge in [0.25, 0.3) is 5.91 Å². The second kappa shape index (κ2) is 8.05. The summed E-state index contributed by atoms with van der Waals surface area (Å²) in [5.74, 6) is -2.20. The standard InChI is InChI=1S/C24H17FN2O3/c25-19-14-16(24(29)30)12-13-20(19)26-21-10-3-4-11-22(21)27-23(28)18-9-5-7-15-6-1-2-8-17(15)18/h1-14,26H,(H,27,28)(H,29,30). The van der Waals surface area contributed by atoms with Crippen LogP contribution in [-0.4, -0.2) is 17.0 Å². The van der Waals surface area contributed by atoms with Gasteiger partial charge in [-0.05, 0) is 47.2 Å². The van der Waals surface area contributed by atoms with Gasteiger partial charge in [-0.25, -0.2) is 9.18 Å². The molecule has 148 valence electrons. The second-order valence-electron chi connectivity index (χ2n) is 6.65. The maximum absolute atomic E-state index is 14.3. The highest BCUT2D eigenvalue weighted by atomic mass is 19.1. The average molecular weight is 400 g/mol. The Balaban J connectivity index is 1.62. The first-order valence-corrected chi connectivity index (χ1v) is 9.21. The van der Waals surface area contributed by atoms with Crippen molar-refractivity contribution >= 4 is 39.7 Å². The fourth-order valence-electron chi connectivity index (χ4n) is 3.21. The third kappa shape index (κ3) is 3.84. The Kier molecular flexibility index (Phi) is 5.13. The van der Waals surface area contributed by atoms with Crippen molar-refractivity contribution in [2.45, 2.75) is 0 Å². The van der Waals surface area contributed by atoms with Crippen molar-refractivity contribution in [3.05, 3.63) is 102 Å². The lowest BCUT2D eigenvalue weighted by atomic mass is 10.0. The molecule has 0 radical (unpaired) electrons. The Bertz CT molecular complexity index is 1270. The van der Waals surface area contributed by atoms with Crippen LogP contribution in [0.15, 0.2) is 84.9 Å². The smallest absolute Gasteiger partial charge is 0.335 e. The van der Waals surface area contributed by atoms with E-state index in [4.69, 9.17) is 5.11 Å². The van der Waals surface area contributed by atoms with Gasteiger partial charge in [0.05, 0.1) is 22.6 Å². The summed E-state index contributed by atoms with van der Waals surface area (Å²) < 4.78 is 14.3. The zero-order chi connectivity index (χ0) is 21.1. The van der Waals surface area contributed by atoms with Crippen LogP contribution < -0.4 is 10.6 Å². The summed E-state index contributed by atoms with van der Waals surface area (Å²) >= 11 is 0. The van der Waals surface area contributed by atoms with Crippen molar-refractivity contribution in [2.75, 3.05) is 10.6 Å². The number of amides is 1. The zero-order valence-corrected chi connectivity index (χ0v) is 15.7. The number of para-hydroxylation sites is 2. The summed E-state index contributed by atoms with van der Waals surface area (Å²) in [5, 5.41) is 16.6. The first-order chi connectivity index (χ1) is 14.5. The van der Waals surface area contributed by atoms with Gasteiger partial charge in [-0.3, -0.25) is 4.79 Å². The first kappa shape index (κ1) is 19.1. The van der Waals surface area contributed by atoms with E-state index in [9.17, 15) is 14.0 Å². The number of anilines is 3. The number of aromatic carboxylic acids is 1. The van der Waals surface area contributed by atoms with Crippen LogP contribution in [-0.2, 0) is 0 Å². The molecule has 0 spiro atoms. The van der Waals surface area contributed by atoms with E-state index in [0.29, 0.717) is 16.9 Å². The minimum Gasteiger partial charge on any atom is -0.478 e. The van der Waals surface area contributed by atoms with Crippen molar-refractivity contribution in [1.29, 1.82) is 0 Å². The second-order valence-corrected chi connectivity index (χ2v) is 6.65. The molecule has 0 aromatic heterocycles. The van der Waals surface area contributed by atoms with Gasteiger partial charge in [-0.15, -0.1) is 0 Å². The third-order valence-electron chi connectivity index (χ3n) is 4.69. The van der Waals surface area contributed by atoms with Crippen LogP contribution >= 0.6 is 0 Å². The van der Waals surface area contributed by atoms with Gasteiger partial charge in [0.15, 0.2) is 0 Å². The van der Waals surface area contributed by atoms with E-state index in [1.54, 1.807) is 30.3 Å². The predicted molar refractivity (Wildman–Crippen MR) is 115 cm³/mol. The molecule has 0 fully saturated rings.